The van der Waals surface area contributed by atoms with Crippen LogP contribution in [0.3, 0.4) is 0 Å². The van der Waals surface area contributed by atoms with Gasteiger partial charge >= 0.3 is 6.18 Å². The first-order valence-electron chi connectivity index (χ1n) is 13.5. The van der Waals surface area contributed by atoms with Gasteiger partial charge in [0.15, 0.2) is 6.29 Å². The number of nitriles is 1. The number of fused-ring (bicyclic) bond motifs is 1. The van der Waals surface area contributed by atoms with Crippen LogP contribution in [-0.4, -0.2) is 88.8 Å². The number of alkyl halides is 3. The Bertz CT molecular complexity index is 1540. The summed E-state index contributed by atoms with van der Waals surface area (Å²) in [7, 11) is 0. The molecule has 11 nitrogen and oxygen atoms in total. The van der Waals surface area contributed by atoms with Crippen LogP contribution >= 0.6 is 0 Å². The molecule has 216 valence electrons. The van der Waals surface area contributed by atoms with Gasteiger partial charge in [-0.3, -0.25) is 14.5 Å². The van der Waals surface area contributed by atoms with E-state index >= 15 is 0 Å². The Balaban J connectivity index is 1.66. The third kappa shape index (κ3) is 5.34. The average Bonchev–Trinajstić information content (AvgIpc) is 2.94. The lowest BCUT2D eigenvalue weighted by Gasteiger charge is -2.45. The van der Waals surface area contributed by atoms with Crippen LogP contribution in [0.1, 0.15) is 36.2 Å². The molecular weight excluding hydrogens is 539 g/mol. The third-order valence-corrected chi connectivity index (χ3v) is 7.69. The Labute approximate surface area is 234 Å². The van der Waals surface area contributed by atoms with Crippen LogP contribution in [0.15, 0.2) is 29.2 Å². The molecule has 2 fully saturated rings. The first-order valence-corrected chi connectivity index (χ1v) is 13.5. The van der Waals surface area contributed by atoms with Crippen molar-refractivity contribution in [2.24, 2.45) is 0 Å². The molecule has 0 bridgehead atoms. The molecule has 1 N–H and O–H groups in total. The van der Waals surface area contributed by atoms with Crippen molar-refractivity contribution >= 4 is 29.0 Å². The molecule has 2 aliphatic heterocycles. The third-order valence-electron chi connectivity index (χ3n) is 7.69. The van der Waals surface area contributed by atoms with E-state index in [1.807, 2.05) is 9.80 Å². The molecule has 2 aromatic heterocycles. The molecule has 0 aliphatic carbocycles. The average molecular weight is 570 g/mol. The van der Waals surface area contributed by atoms with Crippen molar-refractivity contribution in [2.45, 2.75) is 38.5 Å². The fourth-order valence-corrected chi connectivity index (χ4v) is 5.55. The Hall–Kier alpha value is -4.09. The second-order valence-corrected chi connectivity index (χ2v) is 10.1. The van der Waals surface area contributed by atoms with Crippen molar-refractivity contribution < 1.29 is 18.0 Å². The minimum absolute atomic E-state index is 0.0775. The van der Waals surface area contributed by atoms with Crippen LogP contribution in [0.4, 0.5) is 24.9 Å². The number of benzene rings is 1. The molecule has 1 unspecified atom stereocenters. The summed E-state index contributed by atoms with van der Waals surface area (Å²) in [6.07, 6.45) is -3.23. The van der Waals surface area contributed by atoms with E-state index in [0.717, 1.165) is 25.2 Å². The number of halogens is 3. The molecule has 1 aromatic carbocycles. The summed E-state index contributed by atoms with van der Waals surface area (Å²) in [6, 6.07) is 5.76. The zero-order chi connectivity index (χ0) is 29.3. The van der Waals surface area contributed by atoms with Gasteiger partial charge in [-0.25, -0.2) is 4.98 Å². The van der Waals surface area contributed by atoms with Crippen LogP contribution in [0.5, 0.6) is 0 Å². The van der Waals surface area contributed by atoms with Crippen LogP contribution in [0.25, 0.3) is 16.6 Å². The van der Waals surface area contributed by atoms with Crippen LogP contribution in [0.2, 0.25) is 0 Å². The summed E-state index contributed by atoms with van der Waals surface area (Å²) in [6.45, 7) is 8.80. The van der Waals surface area contributed by atoms with Gasteiger partial charge in [-0.2, -0.15) is 33.2 Å². The van der Waals surface area contributed by atoms with Crippen molar-refractivity contribution in [1.82, 2.24) is 30.0 Å². The lowest BCUT2D eigenvalue weighted by molar-refractivity contribution is -0.137. The number of likely N-dealkylation sites (N-methyl/N-ethyl adjacent to an activating group) is 1. The van der Waals surface area contributed by atoms with Crippen LogP contribution < -0.4 is 20.7 Å². The number of anilines is 2. The van der Waals surface area contributed by atoms with Crippen molar-refractivity contribution in [3.63, 3.8) is 0 Å². The number of carbonyl (C=O) groups is 1. The zero-order valence-electron chi connectivity index (χ0n) is 22.7. The van der Waals surface area contributed by atoms with Crippen molar-refractivity contribution in [3.8, 4) is 11.8 Å². The van der Waals surface area contributed by atoms with Gasteiger partial charge in [-0.1, -0.05) is 26.0 Å². The highest BCUT2D eigenvalue weighted by Gasteiger charge is 2.38. The Morgan fingerprint density at radius 1 is 1.17 bits per heavy atom. The highest BCUT2D eigenvalue weighted by molar-refractivity contribution is 5.90. The largest absolute Gasteiger partial charge is 0.419 e. The number of nitrogens with zero attached hydrogens (tertiary/aromatic N) is 8. The molecule has 41 heavy (non-hydrogen) atoms. The van der Waals surface area contributed by atoms with Gasteiger partial charge in [0.25, 0.3) is 5.56 Å². The summed E-state index contributed by atoms with van der Waals surface area (Å²) >= 11 is 0. The maximum absolute atomic E-state index is 14.0. The number of piperazine rings is 1. The van der Waals surface area contributed by atoms with E-state index in [-0.39, 0.29) is 24.3 Å². The number of aldehydes is 1. The maximum Gasteiger partial charge on any atom is 0.419 e. The van der Waals surface area contributed by atoms with Gasteiger partial charge in [-0.05, 0) is 19.2 Å². The second-order valence-electron chi connectivity index (χ2n) is 10.1. The van der Waals surface area contributed by atoms with Crippen molar-refractivity contribution in [1.29, 1.82) is 5.26 Å². The summed E-state index contributed by atoms with van der Waals surface area (Å²) in [5.74, 6) is 0.744. The second kappa shape index (κ2) is 11.4. The van der Waals surface area contributed by atoms with E-state index in [1.165, 1.54) is 12.3 Å². The molecule has 14 heteroatoms. The minimum atomic E-state index is -4.90. The molecule has 2 saturated heterocycles. The summed E-state index contributed by atoms with van der Waals surface area (Å²) in [4.78, 5) is 40.8. The molecular formula is C27H30F3N9O2. The van der Waals surface area contributed by atoms with Crippen molar-refractivity contribution in [2.75, 3.05) is 55.6 Å². The topological polar surface area (TPSA) is 123 Å². The van der Waals surface area contributed by atoms with Gasteiger partial charge in [-0.15, -0.1) is 0 Å². The van der Waals surface area contributed by atoms with E-state index in [2.05, 4.69) is 40.2 Å². The lowest BCUT2D eigenvalue weighted by atomic mass is 10.1. The molecule has 4 heterocycles. The van der Waals surface area contributed by atoms with Crippen LogP contribution in [-0.2, 0) is 6.18 Å². The standard InChI is InChI=1S/C27H30F3N9O2/c1-3-36(4-2)19-14-38(15-19)26-34-23-20(24(35-26)37-11-10-32-18(13-37)8-9-31)12-33-39(25(23)41)21-7-5-6-17(16-40)22(21)27(28,29)30/h5-7,12,16,18-19,32H,3-4,8,10-11,13-15H2,1-2H3. The predicted octanol–water partition coefficient (Wildman–Crippen LogP) is 2.23. The smallest absolute Gasteiger partial charge is 0.353 e. The first kappa shape index (κ1) is 28.4. The zero-order valence-corrected chi connectivity index (χ0v) is 22.7. The van der Waals surface area contributed by atoms with E-state index in [9.17, 15) is 28.0 Å². The normalized spacial score (nSPS) is 18.0. The fourth-order valence-electron chi connectivity index (χ4n) is 5.55. The molecule has 3 aromatic rings. The first-order chi connectivity index (χ1) is 19.7. The SMILES string of the molecule is CCN(CC)C1CN(c2nc(N3CCNC(CC#N)C3)c3cnn(-c4cccc(C=O)c4C(F)(F)F)c(=O)c3n2)C1. The van der Waals surface area contributed by atoms with E-state index in [0.29, 0.717) is 60.6 Å². The quantitative estimate of drug-likeness (QED) is 0.404. The fraction of sp³-hybridized carbons (Fsp3) is 0.481. The summed E-state index contributed by atoms with van der Waals surface area (Å²) < 4.78 is 42.8. The van der Waals surface area contributed by atoms with E-state index < -0.39 is 28.5 Å². The van der Waals surface area contributed by atoms with Gasteiger partial charge in [0.05, 0.1) is 35.3 Å². The number of nitrogens with one attached hydrogen (secondary N) is 1. The highest BCUT2D eigenvalue weighted by atomic mass is 19.4. The number of hydrogen-bond donors (Lipinski definition) is 1. The molecule has 0 radical (unpaired) electrons. The minimum Gasteiger partial charge on any atom is -0.353 e. The number of rotatable bonds is 8. The van der Waals surface area contributed by atoms with Gasteiger partial charge in [0.2, 0.25) is 5.95 Å². The van der Waals surface area contributed by atoms with E-state index in [1.54, 1.807) is 0 Å². The number of aromatic nitrogens is 4. The number of carbonyl (C=O) groups excluding carboxylic acids is 1. The molecule has 0 spiro atoms. The molecule has 1 atom stereocenters. The summed E-state index contributed by atoms with van der Waals surface area (Å²) in [5, 5.41) is 16.9. The van der Waals surface area contributed by atoms with Gasteiger partial charge < -0.3 is 15.1 Å². The highest BCUT2D eigenvalue weighted by Crippen LogP contribution is 2.36. The molecule has 0 amide bonds. The molecule has 0 saturated carbocycles. The lowest BCUT2D eigenvalue weighted by Crippen LogP contribution is -2.60. The maximum atomic E-state index is 14.0. The molecule has 2 aliphatic rings. The predicted molar refractivity (Wildman–Crippen MR) is 146 cm³/mol. The van der Waals surface area contributed by atoms with Crippen LogP contribution in [0, 0.1) is 11.3 Å². The summed E-state index contributed by atoms with van der Waals surface area (Å²) in [5.41, 5.74) is -3.33. The Kier molecular flexibility index (Phi) is 7.92. The van der Waals surface area contributed by atoms with E-state index in [4.69, 9.17) is 4.98 Å². The monoisotopic (exact) mass is 569 g/mol. The van der Waals surface area contributed by atoms with Crippen molar-refractivity contribution in [3.05, 3.63) is 45.9 Å². The van der Waals surface area contributed by atoms with Gasteiger partial charge in [0.1, 0.15) is 11.3 Å². The number of hydrogen-bond acceptors (Lipinski definition) is 10. The Morgan fingerprint density at radius 3 is 2.59 bits per heavy atom. The Morgan fingerprint density at radius 2 is 1.93 bits per heavy atom. The molecule has 5 rings (SSSR count). The van der Waals surface area contributed by atoms with Gasteiger partial charge in [0, 0.05) is 50.4 Å².